The first-order chi connectivity index (χ1) is 12.0. The fourth-order valence-electron chi connectivity index (χ4n) is 1.74. The van der Waals surface area contributed by atoms with Gasteiger partial charge in [0.15, 0.2) is 0 Å². The summed E-state index contributed by atoms with van der Waals surface area (Å²) in [5.74, 6) is 0.468. The minimum atomic E-state index is 0.145. The molecule has 0 bridgehead atoms. The molecule has 0 unspecified atom stereocenters. The molecule has 25 heavy (non-hydrogen) atoms. The first-order valence-corrected chi connectivity index (χ1v) is 7.80. The molecule has 0 saturated carbocycles. The minimum Gasteiger partial charge on any atom is -0.399 e. The number of nitrogen functional groups attached to an aromatic ring is 2. The van der Waals surface area contributed by atoms with Crippen LogP contribution in [0, 0.1) is 11.3 Å². The highest BCUT2D eigenvalue weighted by molar-refractivity contribution is 6.31. The third kappa shape index (κ3) is 5.84. The van der Waals surface area contributed by atoms with Gasteiger partial charge in [-0.25, -0.2) is 4.98 Å². The predicted octanol–water partition coefficient (Wildman–Crippen LogP) is 4.25. The normalized spacial score (nSPS) is 9.48. The Bertz CT molecular complexity index is 890. The number of nitrogens with one attached hydrogen (secondary N) is 1. The molecule has 0 atom stereocenters. The van der Waals surface area contributed by atoms with Crippen LogP contribution in [0.2, 0.25) is 10.0 Å². The summed E-state index contributed by atoms with van der Waals surface area (Å²) in [5.41, 5.74) is 12.7. The molecule has 5 N–H and O–H groups in total. The van der Waals surface area contributed by atoms with E-state index >= 15 is 0 Å². The van der Waals surface area contributed by atoms with Crippen molar-refractivity contribution in [3.63, 3.8) is 0 Å². The van der Waals surface area contributed by atoms with E-state index in [2.05, 4.69) is 15.3 Å². The van der Waals surface area contributed by atoms with Gasteiger partial charge in [-0.3, -0.25) is 0 Å². The van der Waals surface area contributed by atoms with Crippen LogP contribution < -0.4 is 16.8 Å². The fourth-order valence-corrected chi connectivity index (χ4v) is 2.13. The molecule has 6 nitrogen and oxygen atoms in total. The second-order valence-electron chi connectivity index (χ2n) is 4.79. The number of nitrogens with two attached hydrogens (primary N) is 2. The van der Waals surface area contributed by atoms with E-state index in [0.717, 1.165) is 5.69 Å². The van der Waals surface area contributed by atoms with Gasteiger partial charge in [-0.05, 0) is 36.4 Å². The van der Waals surface area contributed by atoms with E-state index in [1.165, 1.54) is 6.20 Å². The lowest BCUT2D eigenvalue weighted by molar-refractivity contribution is 1.16. The van der Waals surface area contributed by atoms with Crippen molar-refractivity contribution < 1.29 is 0 Å². The van der Waals surface area contributed by atoms with Crippen molar-refractivity contribution in [1.82, 2.24) is 9.97 Å². The number of rotatable bonds is 2. The van der Waals surface area contributed by atoms with Crippen molar-refractivity contribution in [3.05, 3.63) is 70.3 Å². The maximum Gasteiger partial charge on any atom is 0.229 e. The average Bonchev–Trinajstić information content (AvgIpc) is 2.55. The Kier molecular flexibility index (Phi) is 6.40. The molecule has 8 heteroatoms. The Balaban J connectivity index is 0.000000236. The first kappa shape index (κ1) is 18.3. The zero-order valence-corrected chi connectivity index (χ0v) is 14.5. The maximum atomic E-state index is 8.69. The molecule has 3 rings (SSSR count). The summed E-state index contributed by atoms with van der Waals surface area (Å²) in [7, 11) is 0. The van der Waals surface area contributed by atoms with E-state index in [-0.39, 0.29) is 11.4 Å². The Morgan fingerprint density at radius 1 is 1.00 bits per heavy atom. The van der Waals surface area contributed by atoms with E-state index < -0.39 is 0 Å². The number of benzene rings is 2. The van der Waals surface area contributed by atoms with E-state index in [1.54, 1.807) is 36.4 Å². The summed E-state index contributed by atoms with van der Waals surface area (Å²) in [4.78, 5) is 7.93. The first-order valence-electron chi connectivity index (χ1n) is 7.04. The van der Waals surface area contributed by atoms with Crippen LogP contribution in [-0.2, 0) is 0 Å². The number of nitriles is 1. The van der Waals surface area contributed by atoms with E-state index in [4.69, 9.17) is 39.9 Å². The van der Waals surface area contributed by atoms with Gasteiger partial charge in [-0.15, -0.1) is 0 Å². The summed E-state index contributed by atoms with van der Waals surface area (Å²) in [6, 6.07) is 16.1. The van der Waals surface area contributed by atoms with Crippen LogP contribution in [0.5, 0.6) is 0 Å². The highest BCUT2D eigenvalue weighted by Gasteiger charge is 2.03. The summed E-state index contributed by atoms with van der Waals surface area (Å²) in [5, 5.41) is 12.9. The Morgan fingerprint density at radius 3 is 2.20 bits per heavy atom. The highest BCUT2D eigenvalue weighted by Crippen LogP contribution is 2.18. The van der Waals surface area contributed by atoms with E-state index in [1.807, 2.05) is 18.2 Å². The van der Waals surface area contributed by atoms with E-state index in [9.17, 15) is 0 Å². The lowest BCUT2D eigenvalue weighted by Crippen LogP contribution is -2.02. The Labute approximate surface area is 155 Å². The zero-order valence-electron chi connectivity index (χ0n) is 12.9. The molecule has 0 aliphatic carbocycles. The monoisotopic (exact) mass is 372 g/mol. The van der Waals surface area contributed by atoms with Crippen LogP contribution in [0.3, 0.4) is 0 Å². The highest BCUT2D eigenvalue weighted by atomic mass is 35.5. The van der Waals surface area contributed by atoms with Gasteiger partial charge in [-0.2, -0.15) is 10.2 Å². The zero-order chi connectivity index (χ0) is 18.2. The van der Waals surface area contributed by atoms with Crippen LogP contribution in [0.4, 0.5) is 23.1 Å². The standard InChI is InChI=1S/C11H8ClN5.C6H6ClN/c12-8-2-1-3-9(4-8)16-11-15-6-7(5-13)10(14)17-11;7-5-2-1-3-6(8)4-5/h1-4,6H,(H3,14,15,16,17);1-4H,8H2. The number of halogens is 2. The fraction of sp³-hybridized carbons (Fsp3) is 0. The maximum absolute atomic E-state index is 8.69. The van der Waals surface area contributed by atoms with Gasteiger partial charge in [0.1, 0.15) is 17.5 Å². The molecule has 126 valence electrons. The van der Waals surface area contributed by atoms with Crippen LogP contribution >= 0.6 is 23.2 Å². The SMILES string of the molecule is N#Cc1cnc(Nc2cccc(Cl)c2)nc1N.Nc1cccc(Cl)c1. The van der Waals surface area contributed by atoms with Crippen molar-refractivity contribution in [2.24, 2.45) is 0 Å². The van der Waals surface area contributed by atoms with Gasteiger partial charge in [0, 0.05) is 21.4 Å². The van der Waals surface area contributed by atoms with Crippen LogP contribution in [-0.4, -0.2) is 9.97 Å². The van der Waals surface area contributed by atoms with Crippen molar-refractivity contribution in [2.75, 3.05) is 16.8 Å². The second-order valence-corrected chi connectivity index (χ2v) is 5.67. The third-order valence-electron chi connectivity index (χ3n) is 2.87. The summed E-state index contributed by atoms with van der Waals surface area (Å²) >= 11 is 11.4. The molecule has 2 aromatic carbocycles. The number of hydrogen-bond acceptors (Lipinski definition) is 6. The molecule has 0 aliphatic heterocycles. The van der Waals surface area contributed by atoms with Crippen LogP contribution in [0.15, 0.2) is 54.7 Å². The molecule has 0 fully saturated rings. The number of nitrogens with zero attached hydrogens (tertiary/aromatic N) is 3. The average molecular weight is 373 g/mol. The second kappa shape index (κ2) is 8.73. The van der Waals surface area contributed by atoms with Gasteiger partial charge < -0.3 is 16.8 Å². The van der Waals surface area contributed by atoms with Crippen molar-refractivity contribution in [3.8, 4) is 6.07 Å². The molecule has 0 aliphatic rings. The summed E-state index contributed by atoms with van der Waals surface area (Å²) in [6.45, 7) is 0. The number of hydrogen-bond donors (Lipinski definition) is 3. The van der Waals surface area contributed by atoms with Crippen molar-refractivity contribution >= 4 is 46.3 Å². The van der Waals surface area contributed by atoms with Gasteiger partial charge in [-0.1, -0.05) is 35.3 Å². The van der Waals surface area contributed by atoms with Gasteiger partial charge in [0.05, 0.1) is 6.20 Å². The van der Waals surface area contributed by atoms with Gasteiger partial charge in [0.2, 0.25) is 5.95 Å². The molecule has 0 spiro atoms. The quantitative estimate of drug-likeness (QED) is 0.579. The molecular formula is C17H14Cl2N6. The molecule has 0 radical (unpaired) electrons. The Hall–Kier alpha value is -3.01. The molecular weight excluding hydrogens is 359 g/mol. The number of anilines is 4. The third-order valence-corrected chi connectivity index (χ3v) is 3.34. The van der Waals surface area contributed by atoms with Crippen molar-refractivity contribution in [1.29, 1.82) is 5.26 Å². The molecule has 3 aromatic rings. The number of aromatic nitrogens is 2. The predicted molar refractivity (Wildman–Crippen MR) is 102 cm³/mol. The molecule has 1 aromatic heterocycles. The van der Waals surface area contributed by atoms with Gasteiger partial charge >= 0.3 is 0 Å². The molecule has 1 heterocycles. The lowest BCUT2D eigenvalue weighted by Gasteiger charge is -2.05. The largest absolute Gasteiger partial charge is 0.399 e. The van der Waals surface area contributed by atoms with Gasteiger partial charge in [0.25, 0.3) is 0 Å². The summed E-state index contributed by atoms with van der Waals surface area (Å²) in [6.07, 6.45) is 1.37. The van der Waals surface area contributed by atoms with E-state index in [0.29, 0.717) is 21.7 Å². The van der Waals surface area contributed by atoms with Crippen LogP contribution in [0.1, 0.15) is 5.56 Å². The smallest absolute Gasteiger partial charge is 0.229 e. The molecule has 0 amide bonds. The topological polar surface area (TPSA) is 114 Å². The Morgan fingerprint density at radius 2 is 1.68 bits per heavy atom. The van der Waals surface area contributed by atoms with Crippen LogP contribution in [0.25, 0.3) is 0 Å². The molecule has 0 saturated heterocycles. The minimum absolute atomic E-state index is 0.145. The lowest BCUT2D eigenvalue weighted by atomic mass is 10.3. The summed E-state index contributed by atoms with van der Waals surface area (Å²) < 4.78 is 0. The van der Waals surface area contributed by atoms with Crippen molar-refractivity contribution in [2.45, 2.75) is 0 Å².